The molecular weight excluding hydrogens is 412 g/mol. The number of para-hydroxylation sites is 2. The van der Waals surface area contributed by atoms with Gasteiger partial charge in [0.2, 0.25) is 6.54 Å². The summed E-state index contributed by atoms with van der Waals surface area (Å²) in [6, 6.07) is 13.3. The van der Waals surface area contributed by atoms with Gasteiger partial charge in [-0.2, -0.15) is 4.57 Å². The lowest BCUT2D eigenvalue weighted by Crippen LogP contribution is -2.39. The Bertz CT molecular complexity index is 1210. The van der Waals surface area contributed by atoms with Crippen LogP contribution in [0.3, 0.4) is 0 Å². The number of carbonyl (C=O) groups excluding carboxylic acids is 2. The lowest BCUT2D eigenvalue weighted by molar-refractivity contribution is -0.684. The van der Waals surface area contributed by atoms with E-state index < -0.39 is 6.47 Å². The number of imidazole rings is 1. The Morgan fingerprint density at radius 3 is 2.59 bits per heavy atom. The van der Waals surface area contributed by atoms with Crippen LogP contribution in [0.25, 0.3) is 16.9 Å². The Morgan fingerprint density at radius 1 is 1.19 bits per heavy atom. The van der Waals surface area contributed by atoms with Gasteiger partial charge in [-0.1, -0.05) is 12.1 Å². The molecule has 0 unspecified atom stereocenters. The lowest BCUT2D eigenvalue weighted by atomic mass is 10.3. The summed E-state index contributed by atoms with van der Waals surface area (Å²) in [7, 11) is 3.48. The Hall–Kier alpha value is -4.47. The van der Waals surface area contributed by atoms with E-state index in [4.69, 9.17) is 14.6 Å². The summed E-state index contributed by atoms with van der Waals surface area (Å²) in [6.45, 7) is -0.294. The molecule has 3 aromatic heterocycles. The Labute approximate surface area is 184 Å². The number of amides is 1. The molecule has 4 rings (SSSR count). The highest BCUT2D eigenvalue weighted by molar-refractivity contribution is 5.91. The van der Waals surface area contributed by atoms with E-state index >= 15 is 0 Å². The number of fused-ring (bicyclic) bond motifs is 1. The van der Waals surface area contributed by atoms with Crippen molar-refractivity contribution in [3.05, 3.63) is 67.4 Å². The van der Waals surface area contributed by atoms with E-state index in [-0.39, 0.29) is 12.5 Å². The number of ether oxygens (including phenoxy) is 1. The molecule has 10 heteroatoms. The van der Waals surface area contributed by atoms with E-state index in [2.05, 4.69) is 20.6 Å². The van der Waals surface area contributed by atoms with E-state index in [0.29, 0.717) is 16.9 Å². The second-order valence-electron chi connectivity index (χ2n) is 6.51. The summed E-state index contributed by atoms with van der Waals surface area (Å²) in [5.41, 5.74) is 3.80. The summed E-state index contributed by atoms with van der Waals surface area (Å²) in [4.78, 5) is 29.5. The monoisotopic (exact) mass is 434 g/mol. The number of pyridine rings is 2. The standard InChI is InChI=1S/C21H20N6O2.CH2O2/c1-22-15-7-9-26(10-8-15)13-20(28)25-16-11-17-21(23-12-16)27(14-24-17)18-5-3-4-6-19(18)29-2;2-1-3/h3-12,14H,13H2,1-2H3,(H,25,28);1H,(H,2,3). The molecule has 0 saturated carbocycles. The Kier molecular flexibility index (Phi) is 7.31. The molecular formula is C22H22N6O4. The fraction of sp³-hybridized carbons (Fsp3) is 0.136. The molecule has 1 amide bonds. The molecule has 0 radical (unpaired) electrons. The fourth-order valence-corrected chi connectivity index (χ4v) is 3.07. The number of benzene rings is 1. The number of nitrogens with zero attached hydrogens (tertiary/aromatic N) is 4. The fourth-order valence-electron chi connectivity index (χ4n) is 3.07. The first kappa shape index (κ1) is 22.2. The number of hydrogen-bond acceptors (Lipinski definition) is 7. The van der Waals surface area contributed by atoms with Gasteiger partial charge in [-0.05, 0) is 18.2 Å². The van der Waals surface area contributed by atoms with Gasteiger partial charge in [0.05, 0.1) is 24.7 Å². The summed E-state index contributed by atoms with van der Waals surface area (Å²) in [6.07, 6.45) is 7.02. The molecule has 1 aromatic carbocycles. The maximum Gasteiger partial charge on any atom is 0.290 e. The van der Waals surface area contributed by atoms with Crippen molar-refractivity contribution in [2.24, 2.45) is 0 Å². The van der Waals surface area contributed by atoms with E-state index in [1.54, 1.807) is 30.3 Å². The summed E-state index contributed by atoms with van der Waals surface area (Å²) in [5.74, 6) is 0.588. The van der Waals surface area contributed by atoms with Gasteiger partial charge < -0.3 is 25.3 Å². The number of nitrogens with one attached hydrogen (secondary N) is 2. The summed E-state index contributed by atoms with van der Waals surface area (Å²) < 4.78 is 9.09. The van der Waals surface area contributed by atoms with E-state index in [9.17, 15) is 4.79 Å². The van der Waals surface area contributed by atoms with Gasteiger partial charge >= 0.3 is 0 Å². The maximum atomic E-state index is 12.4. The minimum Gasteiger partial charge on any atom is -0.554 e. The number of anilines is 2. The molecule has 3 heterocycles. The first-order valence-corrected chi connectivity index (χ1v) is 9.58. The summed E-state index contributed by atoms with van der Waals surface area (Å²) >= 11 is 0. The first-order chi connectivity index (χ1) is 15.6. The molecule has 0 bridgehead atoms. The third kappa shape index (κ3) is 5.17. The average molecular weight is 434 g/mol. The zero-order valence-corrected chi connectivity index (χ0v) is 17.6. The van der Waals surface area contributed by atoms with Crippen molar-refractivity contribution >= 4 is 34.9 Å². The van der Waals surface area contributed by atoms with Crippen LogP contribution in [0.5, 0.6) is 5.75 Å². The maximum absolute atomic E-state index is 12.4. The number of methoxy groups -OCH3 is 1. The lowest BCUT2D eigenvalue weighted by Gasteiger charge is -2.09. The largest absolute Gasteiger partial charge is 0.554 e. The highest BCUT2D eigenvalue weighted by Crippen LogP contribution is 2.26. The average Bonchev–Trinajstić information content (AvgIpc) is 3.23. The third-order valence-electron chi connectivity index (χ3n) is 4.52. The van der Waals surface area contributed by atoms with Crippen LogP contribution in [0.4, 0.5) is 11.4 Å². The van der Waals surface area contributed by atoms with Crippen LogP contribution in [0.2, 0.25) is 0 Å². The van der Waals surface area contributed by atoms with Crippen LogP contribution in [-0.4, -0.2) is 41.1 Å². The normalized spacial score (nSPS) is 10.1. The number of carbonyl (C=O) groups is 2. The van der Waals surface area contributed by atoms with Crippen LogP contribution < -0.4 is 25.0 Å². The van der Waals surface area contributed by atoms with Crippen molar-refractivity contribution < 1.29 is 24.0 Å². The molecule has 0 aliphatic carbocycles. The van der Waals surface area contributed by atoms with Crippen molar-refractivity contribution in [2.45, 2.75) is 6.54 Å². The molecule has 0 fully saturated rings. The zero-order chi connectivity index (χ0) is 22.9. The van der Waals surface area contributed by atoms with Crippen LogP contribution >= 0.6 is 0 Å². The van der Waals surface area contributed by atoms with Gasteiger partial charge in [0.25, 0.3) is 5.91 Å². The molecule has 0 aliphatic heterocycles. The Balaban J connectivity index is 0.000000913. The summed E-state index contributed by atoms with van der Waals surface area (Å²) in [5, 5.41) is 14.2. The van der Waals surface area contributed by atoms with Gasteiger partial charge in [-0.15, -0.1) is 0 Å². The SMILES string of the molecule is CNc1cc[n+](CC(=O)Nc2cnc3c(c2)ncn3-c2ccccc2OC)cc1.O=C[O-]. The number of carboxylic acid groups (broad SMARTS) is 1. The highest BCUT2D eigenvalue weighted by atomic mass is 16.5. The van der Waals surface area contributed by atoms with Crippen LogP contribution in [-0.2, 0) is 16.1 Å². The van der Waals surface area contributed by atoms with E-state index in [1.807, 2.05) is 60.4 Å². The predicted octanol–water partition coefficient (Wildman–Crippen LogP) is 0.763. The van der Waals surface area contributed by atoms with Crippen LogP contribution in [0, 0.1) is 0 Å². The first-order valence-electron chi connectivity index (χ1n) is 9.58. The number of aromatic nitrogens is 4. The van der Waals surface area contributed by atoms with Crippen molar-refractivity contribution in [3.8, 4) is 11.4 Å². The zero-order valence-electron chi connectivity index (χ0n) is 17.6. The van der Waals surface area contributed by atoms with E-state index in [1.165, 1.54) is 0 Å². The molecule has 0 saturated heterocycles. The highest BCUT2D eigenvalue weighted by Gasteiger charge is 2.13. The van der Waals surface area contributed by atoms with Gasteiger partial charge in [0.1, 0.15) is 17.6 Å². The van der Waals surface area contributed by atoms with Crippen molar-refractivity contribution in [1.82, 2.24) is 14.5 Å². The van der Waals surface area contributed by atoms with Crippen molar-refractivity contribution in [1.29, 1.82) is 0 Å². The van der Waals surface area contributed by atoms with E-state index in [0.717, 1.165) is 17.1 Å². The minimum atomic E-state index is -0.500. The number of rotatable bonds is 6. The van der Waals surface area contributed by atoms with Gasteiger partial charge in [0.15, 0.2) is 18.0 Å². The van der Waals surface area contributed by atoms with Crippen molar-refractivity contribution in [3.63, 3.8) is 0 Å². The molecule has 0 aliphatic rings. The molecule has 10 nitrogen and oxygen atoms in total. The van der Waals surface area contributed by atoms with Gasteiger partial charge in [0, 0.05) is 31.3 Å². The predicted molar refractivity (Wildman–Crippen MR) is 116 cm³/mol. The van der Waals surface area contributed by atoms with Gasteiger partial charge in [-0.3, -0.25) is 9.36 Å². The number of hydrogen-bond donors (Lipinski definition) is 2. The topological polar surface area (TPSA) is 125 Å². The minimum absolute atomic E-state index is 0.141. The second kappa shape index (κ2) is 10.5. The molecule has 2 N–H and O–H groups in total. The van der Waals surface area contributed by atoms with Crippen molar-refractivity contribution in [2.75, 3.05) is 24.8 Å². The molecule has 4 aromatic rings. The smallest absolute Gasteiger partial charge is 0.290 e. The third-order valence-corrected chi connectivity index (χ3v) is 4.52. The molecule has 164 valence electrons. The molecule has 0 spiro atoms. The molecule has 0 atom stereocenters. The van der Waals surface area contributed by atoms with Gasteiger partial charge in [-0.25, -0.2) is 9.97 Å². The quantitative estimate of drug-likeness (QED) is 0.339. The van der Waals surface area contributed by atoms with Crippen LogP contribution in [0.15, 0.2) is 67.4 Å². The van der Waals surface area contributed by atoms with Crippen LogP contribution in [0.1, 0.15) is 0 Å². The Morgan fingerprint density at radius 2 is 1.91 bits per heavy atom. The molecule has 32 heavy (non-hydrogen) atoms. The second-order valence-corrected chi connectivity index (χ2v) is 6.51.